The number of carboxylic acids is 1. The van der Waals surface area contributed by atoms with E-state index in [9.17, 15) is 9.59 Å². The zero-order chi connectivity index (χ0) is 12.3. The van der Waals surface area contributed by atoms with Crippen molar-refractivity contribution < 1.29 is 14.7 Å². The van der Waals surface area contributed by atoms with E-state index in [1.807, 2.05) is 20.8 Å². The van der Waals surface area contributed by atoms with Gasteiger partial charge in [0.05, 0.1) is 0 Å². The van der Waals surface area contributed by atoms with Crippen LogP contribution in [0.25, 0.3) is 0 Å². The van der Waals surface area contributed by atoms with Crippen LogP contribution in [0.4, 0.5) is 4.79 Å². The summed E-state index contributed by atoms with van der Waals surface area (Å²) in [5.41, 5.74) is 0. The summed E-state index contributed by atoms with van der Waals surface area (Å²) in [4.78, 5) is 23.8. The lowest BCUT2D eigenvalue weighted by Gasteiger charge is -2.27. The van der Waals surface area contributed by atoms with Crippen molar-refractivity contribution in [3.63, 3.8) is 0 Å². The Morgan fingerprint density at radius 1 is 1.38 bits per heavy atom. The molecule has 0 saturated heterocycles. The molecule has 92 valence electrons. The van der Waals surface area contributed by atoms with Crippen LogP contribution in [-0.4, -0.2) is 40.6 Å². The summed E-state index contributed by atoms with van der Waals surface area (Å²) < 4.78 is 0. The highest BCUT2D eigenvalue weighted by molar-refractivity contribution is 5.80. The van der Waals surface area contributed by atoms with E-state index in [1.54, 1.807) is 0 Å². The van der Waals surface area contributed by atoms with E-state index in [0.29, 0.717) is 5.92 Å². The molecule has 0 spiro atoms. The van der Waals surface area contributed by atoms with E-state index in [1.165, 1.54) is 4.90 Å². The van der Waals surface area contributed by atoms with Crippen LogP contribution in [0.5, 0.6) is 0 Å². The van der Waals surface area contributed by atoms with E-state index in [-0.39, 0.29) is 24.7 Å². The van der Waals surface area contributed by atoms with Gasteiger partial charge in [-0.15, -0.1) is 0 Å². The van der Waals surface area contributed by atoms with Gasteiger partial charge in [0, 0.05) is 12.1 Å². The number of nitrogens with one attached hydrogen (secondary N) is 1. The maximum Gasteiger partial charge on any atom is 0.323 e. The number of carbonyl (C=O) groups is 2. The van der Waals surface area contributed by atoms with Crippen LogP contribution in [0.2, 0.25) is 0 Å². The molecular weight excluding hydrogens is 208 g/mol. The van der Waals surface area contributed by atoms with Gasteiger partial charge in [-0.05, 0) is 39.5 Å². The zero-order valence-electron chi connectivity index (χ0n) is 10.1. The summed E-state index contributed by atoms with van der Waals surface area (Å²) >= 11 is 0. The van der Waals surface area contributed by atoms with E-state index >= 15 is 0 Å². The Balaban J connectivity index is 2.48. The van der Waals surface area contributed by atoms with Crippen molar-refractivity contribution in [3.8, 4) is 0 Å². The van der Waals surface area contributed by atoms with Crippen molar-refractivity contribution in [3.05, 3.63) is 0 Å². The summed E-state index contributed by atoms with van der Waals surface area (Å²) in [6, 6.07) is -0.248. The molecule has 1 aliphatic carbocycles. The average Bonchev–Trinajstić information content (AvgIpc) is 2.95. The molecule has 0 radical (unpaired) electrons. The topological polar surface area (TPSA) is 69.6 Å². The van der Waals surface area contributed by atoms with Gasteiger partial charge in [-0.1, -0.05) is 0 Å². The summed E-state index contributed by atoms with van der Waals surface area (Å²) in [6.07, 6.45) is 2.31. The molecule has 0 aromatic carbocycles. The van der Waals surface area contributed by atoms with Gasteiger partial charge in [0.1, 0.15) is 6.54 Å². The van der Waals surface area contributed by atoms with Crippen molar-refractivity contribution in [1.29, 1.82) is 0 Å². The molecule has 0 aromatic rings. The molecule has 1 aliphatic rings. The highest BCUT2D eigenvalue weighted by Crippen LogP contribution is 2.32. The van der Waals surface area contributed by atoms with Crippen LogP contribution in [0.1, 0.15) is 33.6 Å². The van der Waals surface area contributed by atoms with Gasteiger partial charge in [0.15, 0.2) is 0 Å². The first kappa shape index (κ1) is 12.8. The summed E-state index contributed by atoms with van der Waals surface area (Å²) in [7, 11) is 0. The predicted molar refractivity (Wildman–Crippen MR) is 60.2 cm³/mol. The van der Waals surface area contributed by atoms with Crippen LogP contribution in [-0.2, 0) is 4.79 Å². The SMILES string of the molecule is CC(NC(=O)N(CC(=O)O)C(C)C)C1CC1. The number of urea groups is 1. The van der Waals surface area contributed by atoms with Crippen molar-refractivity contribution >= 4 is 12.0 Å². The summed E-state index contributed by atoms with van der Waals surface area (Å²) in [5.74, 6) is -0.411. The molecular formula is C11H20N2O3. The van der Waals surface area contributed by atoms with Gasteiger partial charge in [-0.3, -0.25) is 4.79 Å². The van der Waals surface area contributed by atoms with E-state index in [0.717, 1.165) is 12.8 Å². The van der Waals surface area contributed by atoms with Crippen LogP contribution in [0.15, 0.2) is 0 Å². The highest BCUT2D eigenvalue weighted by Gasteiger charge is 2.30. The maximum absolute atomic E-state index is 11.8. The molecule has 5 heteroatoms. The Morgan fingerprint density at radius 2 is 1.94 bits per heavy atom. The second-order valence-corrected chi connectivity index (χ2v) is 4.69. The Hall–Kier alpha value is -1.26. The second-order valence-electron chi connectivity index (χ2n) is 4.69. The molecule has 1 rings (SSSR count). The average molecular weight is 228 g/mol. The lowest BCUT2D eigenvalue weighted by Crippen LogP contribution is -2.49. The van der Waals surface area contributed by atoms with Crippen molar-refractivity contribution in [1.82, 2.24) is 10.2 Å². The van der Waals surface area contributed by atoms with Crippen LogP contribution >= 0.6 is 0 Å². The number of carboxylic acid groups (broad SMARTS) is 1. The molecule has 1 saturated carbocycles. The van der Waals surface area contributed by atoms with Gasteiger partial charge in [0.2, 0.25) is 0 Å². The molecule has 2 N–H and O–H groups in total. The van der Waals surface area contributed by atoms with Gasteiger partial charge >= 0.3 is 12.0 Å². The Bertz CT molecular complexity index is 274. The van der Waals surface area contributed by atoms with Crippen molar-refractivity contribution in [2.75, 3.05) is 6.54 Å². The van der Waals surface area contributed by atoms with E-state index < -0.39 is 5.97 Å². The lowest BCUT2D eigenvalue weighted by atomic mass is 10.2. The molecule has 5 nitrogen and oxygen atoms in total. The van der Waals surface area contributed by atoms with Gasteiger partial charge < -0.3 is 15.3 Å². The Kier molecular flexibility index (Phi) is 4.15. The number of carbonyl (C=O) groups excluding carboxylic acids is 1. The molecule has 0 aliphatic heterocycles. The van der Waals surface area contributed by atoms with Gasteiger partial charge in [-0.2, -0.15) is 0 Å². The Labute approximate surface area is 95.8 Å². The van der Waals surface area contributed by atoms with Crippen LogP contribution < -0.4 is 5.32 Å². The summed E-state index contributed by atoms with van der Waals surface area (Å²) in [6.45, 7) is 5.34. The number of aliphatic carboxylic acids is 1. The molecule has 0 bridgehead atoms. The Morgan fingerprint density at radius 3 is 2.31 bits per heavy atom. The van der Waals surface area contributed by atoms with Crippen LogP contribution in [0, 0.1) is 5.92 Å². The van der Waals surface area contributed by atoms with Gasteiger partial charge in [-0.25, -0.2) is 4.79 Å². The zero-order valence-corrected chi connectivity index (χ0v) is 10.1. The molecule has 0 heterocycles. The monoisotopic (exact) mass is 228 g/mol. The van der Waals surface area contributed by atoms with E-state index in [2.05, 4.69) is 5.32 Å². The minimum absolute atomic E-state index is 0.109. The minimum Gasteiger partial charge on any atom is -0.480 e. The number of hydrogen-bond donors (Lipinski definition) is 2. The number of amides is 2. The molecule has 1 fully saturated rings. The predicted octanol–water partition coefficient (Wildman–Crippen LogP) is 1.29. The van der Waals surface area contributed by atoms with Crippen molar-refractivity contribution in [2.45, 2.75) is 45.7 Å². The highest BCUT2D eigenvalue weighted by atomic mass is 16.4. The first-order valence-electron chi connectivity index (χ1n) is 5.70. The quantitative estimate of drug-likeness (QED) is 0.745. The smallest absolute Gasteiger partial charge is 0.323 e. The summed E-state index contributed by atoms with van der Waals surface area (Å²) in [5, 5.41) is 11.6. The largest absolute Gasteiger partial charge is 0.480 e. The van der Waals surface area contributed by atoms with Gasteiger partial charge in [0.25, 0.3) is 0 Å². The maximum atomic E-state index is 11.8. The molecule has 2 amide bonds. The molecule has 1 unspecified atom stereocenters. The van der Waals surface area contributed by atoms with Crippen molar-refractivity contribution in [2.24, 2.45) is 5.92 Å². The number of hydrogen-bond acceptors (Lipinski definition) is 2. The molecule has 0 aromatic heterocycles. The molecule has 16 heavy (non-hydrogen) atoms. The fraction of sp³-hybridized carbons (Fsp3) is 0.818. The minimum atomic E-state index is -0.983. The second kappa shape index (κ2) is 5.18. The normalized spacial score (nSPS) is 17.0. The lowest BCUT2D eigenvalue weighted by molar-refractivity contribution is -0.138. The molecule has 1 atom stereocenters. The third-order valence-electron chi connectivity index (χ3n) is 2.87. The van der Waals surface area contributed by atoms with Crippen LogP contribution in [0.3, 0.4) is 0 Å². The third-order valence-corrected chi connectivity index (χ3v) is 2.87. The first-order chi connectivity index (χ1) is 7.41. The fourth-order valence-electron chi connectivity index (χ4n) is 1.63. The van der Waals surface area contributed by atoms with E-state index in [4.69, 9.17) is 5.11 Å². The number of rotatable bonds is 5. The standard InChI is InChI=1S/C11H20N2O3/c1-7(2)13(6-10(14)15)11(16)12-8(3)9-4-5-9/h7-9H,4-6H2,1-3H3,(H,12,16)(H,14,15). The fourth-order valence-corrected chi connectivity index (χ4v) is 1.63. The number of nitrogens with zero attached hydrogens (tertiary/aromatic N) is 1. The third kappa shape index (κ3) is 3.72. The first-order valence-corrected chi connectivity index (χ1v) is 5.70.